The summed E-state index contributed by atoms with van der Waals surface area (Å²) in [5, 5.41) is 11.4. The molecule has 0 bridgehead atoms. The van der Waals surface area contributed by atoms with Gasteiger partial charge in [-0.1, -0.05) is 22.9 Å². The average molecular weight is 284 g/mol. The molecule has 0 unspecified atom stereocenters. The number of sulfonamides is 1. The minimum atomic E-state index is -3.52. The lowest BCUT2D eigenvalue weighted by Crippen LogP contribution is -2.46. The lowest BCUT2D eigenvalue weighted by molar-refractivity contribution is 0.0391. The van der Waals surface area contributed by atoms with Crippen LogP contribution in [0.4, 0.5) is 0 Å². The Kier molecular flexibility index (Phi) is 4.18. The lowest BCUT2D eigenvalue weighted by atomic mass is 10.2. The van der Waals surface area contributed by atoms with E-state index in [1.165, 1.54) is 10.5 Å². The van der Waals surface area contributed by atoms with E-state index in [-0.39, 0.29) is 18.0 Å². The average Bonchev–Trinajstić information content (AvgIpc) is 2.40. The summed E-state index contributed by atoms with van der Waals surface area (Å²) >= 11 is 0. The van der Waals surface area contributed by atoms with Crippen LogP contribution in [0.15, 0.2) is 34.3 Å². The second-order valence-electron chi connectivity index (χ2n) is 4.35. The number of aryl methyl sites for hydroxylation is 1. The maximum Gasteiger partial charge on any atom is 0.243 e. The summed E-state index contributed by atoms with van der Waals surface area (Å²) in [6.45, 7) is 2.63. The van der Waals surface area contributed by atoms with Crippen molar-refractivity contribution in [2.45, 2.75) is 17.9 Å². The van der Waals surface area contributed by atoms with Crippen molar-refractivity contribution >= 4 is 16.2 Å². The quantitative estimate of drug-likeness (QED) is 0.507. The molecule has 7 heteroatoms. The van der Waals surface area contributed by atoms with Gasteiger partial charge < -0.3 is 9.94 Å². The van der Waals surface area contributed by atoms with Crippen LogP contribution in [0.1, 0.15) is 5.56 Å². The van der Waals surface area contributed by atoms with Gasteiger partial charge in [0, 0.05) is 13.1 Å². The van der Waals surface area contributed by atoms with E-state index < -0.39 is 16.1 Å². The van der Waals surface area contributed by atoms with Crippen molar-refractivity contribution in [2.24, 2.45) is 5.16 Å². The molecular weight excluding hydrogens is 268 g/mol. The third-order valence-corrected chi connectivity index (χ3v) is 4.83. The second-order valence-corrected chi connectivity index (χ2v) is 6.29. The van der Waals surface area contributed by atoms with E-state index in [0.717, 1.165) is 5.56 Å². The molecule has 2 rings (SSSR count). The lowest BCUT2D eigenvalue weighted by Gasteiger charge is -2.30. The van der Waals surface area contributed by atoms with E-state index in [1.807, 2.05) is 6.92 Å². The Hall–Kier alpha value is -1.44. The fourth-order valence-electron chi connectivity index (χ4n) is 1.89. The van der Waals surface area contributed by atoms with Gasteiger partial charge in [0.05, 0.1) is 17.7 Å². The smallest absolute Gasteiger partial charge is 0.243 e. The molecular formula is C12H16N2O4S. The molecule has 0 radical (unpaired) electrons. The molecule has 0 saturated carbocycles. The van der Waals surface area contributed by atoms with Gasteiger partial charge in [-0.3, -0.25) is 0 Å². The minimum absolute atomic E-state index is 0.153. The first-order chi connectivity index (χ1) is 9.04. The highest BCUT2D eigenvalue weighted by molar-refractivity contribution is 7.89. The van der Waals surface area contributed by atoms with Crippen molar-refractivity contribution in [3.8, 4) is 0 Å². The summed E-state index contributed by atoms with van der Waals surface area (Å²) in [5.41, 5.74) is 1.01. The first kappa shape index (κ1) is 14.0. The summed E-state index contributed by atoms with van der Waals surface area (Å²) < 4.78 is 31.4. The molecule has 1 atom stereocenters. The van der Waals surface area contributed by atoms with Crippen molar-refractivity contribution in [1.29, 1.82) is 0 Å². The standard InChI is InChI=1S/C12H16N2O4S/c1-10-2-4-12(5-3-10)19(16,17)14-6-7-18-11(9-14)8-13-15/h2-5,8,11,15H,6-7,9H2,1H3/t11-/m0/s1. The summed E-state index contributed by atoms with van der Waals surface area (Å²) in [6, 6.07) is 6.71. The van der Waals surface area contributed by atoms with Crippen LogP contribution in [0.25, 0.3) is 0 Å². The van der Waals surface area contributed by atoms with E-state index >= 15 is 0 Å². The van der Waals surface area contributed by atoms with E-state index in [1.54, 1.807) is 24.3 Å². The van der Waals surface area contributed by atoms with Gasteiger partial charge in [-0.05, 0) is 19.1 Å². The van der Waals surface area contributed by atoms with Crippen LogP contribution in [0.3, 0.4) is 0 Å². The Morgan fingerprint density at radius 1 is 1.42 bits per heavy atom. The molecule has 0 aliphatic carbocycles. The Morgan fingerprint density at radius 3 is 2.74 bits per heavy atom. The second kappa shape index (κ2) is 5.68. The first-order valence-electron chi connectivity index (χ1n) is 5.90. The van der Waals surface area contributed by atoms with Crippen molar-refractivity contribution in [1.82, 2.24) is 4.31 Å². The zero-order chi connectivity index (χ0) is 13.9. The number of hydrogen-bond acceptors (Lipinski definition) is 5. The van der Waals surface area contributed by atoms with Gasteiger partial charge in [0.15, 0.2) is 0 Å². The summed E-state index contributed by atoms with van der Waals surface area (Å²) in [5.74, 6) is 0. The predicted molar refractivity (Wildman–Crippen MR) is 70.0 cm³/mol. The highest BCUT2D eigenvalue weighted by Gasteiger charge is 2.30. The molecule has 1 aliphatic rings. The Morgan fingerprint density at radius 2 is 2.11 bits per heavy atom. The van der Waals surface area contributed by atoms with Gasteiger partial charge in [-0.25, -0.2) is 8.42 Å². The highest BCUT2D eigenvalue weighted by atomic mass is 32.2. The fraction of sp³-hybridized carbons (Fsp3) is 0.417. The number of ether oxygens (including phenoxy) is 1. The maximum atomic E-state index is 12.4. The molecule has 19 heavy (non-hydrogen) atoms. The Labute approximate surface area is 112 Å². The maximum absolute atomic E-state index is 12.4. The topological polar surface area (TPSA) is 79.2 Å². The van der Waals surface area contributed by atoms with Crippen molar-refractivity contribution < 1.29 is 18.4 Å². The van der Waals surface area contributed by atoms with Gasteiger partial charge in [0.1, 0.15) is 6.10 Å². The number of benzene rings is 1. The number of hydrogen-bond donors (Lipinski definition) is 1. The van der Waals surface area contributed by atoms with Crippen molar-refractivity contribution in [3.63, 3.8) is 0 Å². The molecule has 1 heterocycles. The van der Waals surface area contributed by atoms with Gasteiger partial charge in [0.25, 0.3) is 0 Å². The molecule has 1 aromatic rings. The van der Waals surface area contributed by atoms with E-state index in [0.29, 0.717) is 6.54 Å². The van der Waals surface area contributed by atoms with Crippen LogP contribution in [0.2, 0.25) is 0 Å². The molecule has 1 fully saturated rings. The van der Waals surface area contributed by atoms with Crippen LogP contribution in [-0.4, -0.2) is 49.9 Å². The molecule has 1 aromatic carbocycles. The monoisotopic (exact) mass is 284 g/mol. The third kappa shape index (κ3) is 3.12. The number of rotatable bonds is 3. The van der Waals surface area contributed by atoms with Gasteiger partial charge in [0.2, 0.25) is 10.0 Å². The largest absolute Gasteiger partial charge is 0.411 e. The molecule has 0 amide bonds. The number of oxime groups is 1. The fourth-order valence-corrected chi connectivity index (χ4v) is 3.33. The van der Waals surface area contributed by atoms with Crippen molar-refractivity contribution in [3.05, 3.63) is 29.8 Å². The minimum Gasteiger partial charge on any atom is -0.411 e. The zero-order valence-corrected chi connectivity index (χ0v) is 11.4. The molecule has 0 spiro atoms. The van der Waals surface area contributed by atoms with Crippen LogP contribution in [-0.2, 0) is 14.8 Å². The van der Waals surface area contributed by atoms with E-state index in [2.05, 4.69) is 5.16 Å². The van der Waals surface area contributed by atoms with Gasteiger partial charge in [-0.2, -0.15) is 4.31 Å². The molecule has 1 aliphatic heterocycles. The molecule has 1 saturated heterocycles. The summed E-state index contributed by atoms with van der Waals surface area (Å²) in [7, 11) is -3.52. The zero-order valence-electron chi connectivity index (χ0n) is 10.6. The van der Waals surface area contributed by atoms with E-state index in [9.17, 15) is 8.42 Å². The number of nitrogens with zero attached hydrogens (tertiary/aromatic N) is 2. The van der Waals surface area contributed by atoms with E-state index in [4.69, 9.17) is 9.94 Å². The normalized spacial score (nSPS) is 21.8. The molecule has 6 nitrogen and oxygen atoms in total. The van der Waals surface area contributed by atoms with Crippen LogP contribution in [0, 0.1) is 6.92 Å². The Balaban J connectivity index is 2.21. The summed E-state index contributed by atoms with van der Waals surface area (Å²) in [4.78, 5) is 0.264. The summed E-state index contributed by atoms with van der Waals surface area (Å²) in [6.07, 6.45) is 0.676. The highest BCUT2D eigenvalue weighted by Crippen LogP contribution is 2.18. The Bertz CT molecular complexity index is 554. The van der Waals surface area contributed by atoms with Crippen molar-refractivity contribution in [2.75, 3.05) is 19.7 Å². The number of morpholine rings is 1. The SMILES string of the molecule is Cc1ccc(S(=O)(=O)N2CCO[C@@H](C=NO)C2)cc1. The van der Waals surface area contributed by atoms with Gasteiger partial charge in [-0.15, -0.1) is 0 Å². The van der Waals surface area contributed by atoms with Crippen LogP contribution < -0.4 is 0 Å². The van der Waals surface area contributed by atoms with Crippen LogP contribution >= 0.6 is 0 Å². The molecule has 0 aromatic heterocycles. The van der Waals surface area contributed by atoms with Gasteiger partial charge >= 0.3 is 0 Å². The first-order valence-corrected chi connectivity index (χ1v) is 7.34. The third-order valence-electron chi connectivity index (χ3n) is 2.95. The predicted octanol–water partition coefficient (Wildman–Crippen LogP) is 0.845. The molecule has 1 N–H and O–H groups in total. The van der Waals surface area contributed by atoms with Crippen LogP contribution in [0.5, 0.6) is 0 Å². The molecule has 104 valence electrons.